The summed E-state index contributed by atoms with van der Waals surface area (Å²) in [5.41, 5.74) is 0. The molecule has 0 amide bonds. The summed E-state index contributed by atoms with van der Waals surface area (Å²) in [7, 11) is -3.56. The molecule has 1 saturated heterocycles. The van der Waals surface area contributed by atoms with Gasteiger partial charge in [-0.3, -0.25) is 0 Å². The highest BCUT2D eigenvalue weighted by molar-refractivity contribution is 7.89. The van der Waals surface area contributed by atoms with Crippen LogP contribution < -0.4 is 9.47 Å². The molecule has 1 aromatic heterocycles. The SMILES string of the molecule is O=S(=O)(c1ccc2c(c1)OCCO2)N1CC[C@@H](n2ccnn2)C1. The second-order valence-corrected chi connectivity index (χ2v) is 7.43. The maximum absolute atomic E-state index is 12.8. The highest BCUT2D eigenvalue weighted by Gasteiger charge is 2.34. The molecule has 9 heteroatoms. The summed E-state index contributed by atoms with van der Waals surface area (Å²) in [5, 5.41) is 7.73. The lowest BCUT2D eigenvalue weighted by molar-refractivity contribution is 0.171. The molecule has 3 heterocycles. The van der Waals surface area contributed by atoms with Crippen LogP contribution in [0, 0.1) is 0 Å². The lowest BCUT2D eigenvalue weighted by Gasteiger charge is -2.21. The van der Waals surface area contributed by atoms with Crippen LogP contribution in [0.5, 0.6) is 11.5 Å². The summed E-state index contributed by atoms with van der Waals surface area (Å²) in [6, 6.07) is 4.76. The van der Waals surface area contributed by atoms with Crippen molar-refractivity contribution in [2.45, 2.75) is 17.4 Å². The number of ether oxygens (including phenoxy) is 2. The fourth-order valence-electron chi connectivity index (χ4n) is 2.89. The molecule has 0 unspecified atom stereocenters. The van der Waals surface area contributed by atoms with Crippen molar-refractivity contribution in [2.24, 2.45) is 0 Å². The normalized spacial score (nSPS) is 21.5. The first kappa shape index (κ1) is 14.5. The van der Waals surface area contributed by atoms with E-state index in [0.29, 0.717) is 44.2 Å². The zero-order chi connectivity index (χ0) is 15.9. The number of benzene rings is 1. The van der Waals surface area contributed by atoms with Gasteiger partial charge in [-0.15, -0.1) is 5.10 Å². The Morgan fingerprint density at radius 3 is 2.78 bits per heavy atom. The number of hydrogen-bond donors (Lipinski definition) is 0. The van der Waals surface area contributed by atoms with Gasteiger partial charge in [0, 0.05) is 25.4 Å². The minimum Gasteiger partial charge on any atom is -0.486 e. The van der Waals surface area contributed by atoms with Gasteiger partial charge in [-0.25, -0.2) is 13.1 Å². The van der Waals surface area contributed by atoms with Gasteiger partial charge in [-0.1, -0.05) is 5.21 Å². The Morgan fingerprint density at radius 2 is 2.00 bits per heavy atom. The Kier molecular flexibility index (Phi) is 3.46. The van der Waals surface area contributed by atoms with Gasteiger partial charge in [-0.2, -0.15) is 4.31 Å². The van der Waals surface area contributed by atoms with Gasteiger partial charge in [0.15, 0.2) is 11.5 Å². The Balaban J connectivity index is 1.58. The fourth-order valence-corrected chi connectivity index (χ4v) is 4.40. The standard InChI is InChI=1S/C14H16N4O4S/c19-23(20,12-1-2-13-14(9-12)22-8-7-21-13)17-5-3-11(10-17)18-6-4-15-16-18/h1-2,4,6,9,11H,3,5,7-8,10H2/t11-/m1/s1. The highest BCUT2D eigenvalue weighted by atomic mass is 32.2. The summed E-state index contributed by atoms with van der Waals surface area (Å²) in [6.07, 6.45) is 4.07. The van der Waals surface area contributed by atoms with Crippen LogP contribution in [-0.2, 0) is 10.0 Å². The van der Waals surface area contributed by atoms with E-state index in [2.05, 4.69) is 10.3 Å². The molecule has 1 aromatic carbocycles. The van der Waals surface area contributed by atoms with Gasteiger partial charge in [0.05, 0.1) is 17.1 Å². The van der Waals surface area contributed by atoms with Crippen molar-refractivity contribution in [3.05, 3.63) is 30.6 Å². The Morgan fingerprint density at radius 1 is 1.17 bits per heavy atom. The first-order valence-electron chi connectivity index (χ1n) is 7.40. The second-order valence-electron chi connectivity index (χ2n) is 5.49. The first-order valence-corrected chi connectivity index (χ1v) is 8.84. The minimum absolute atomic E-state index is 0.0180. The van der Waals surface area contributed by atoms with Crippen molar-refractivity contribution in [1.82, 2.24) is 19.3 Å². The second kappa shape index (κ2) is 5.50. The van der Waals surface area contributed by atoms with E-state index in [1.54, 1.807) is 29.2 Å². The maximum atomic E-state index is 12.8. The van der Waals surface area contributed by atoms with E-state index in [-0.39, 0.29) is 10.9 Å². The van der Waals surface area contributed by atoms with Gasteiger partial charge < -0.3 is 9.47 Å². The van der Waals surface area contributed by atoms with Crippen LogP contribution in [0.2, 0.25) is 0 Å². The molecule has 0 aliphatic carbocycles. The largest absolute Gasteiger partial charge is 0.486 e. The number of hydrogen-bond acceptors (Lipinski definition) is 6. The molecule has 0 bridgehead atoms. The predicted octanol–water partition coefficient (Wildman–Crippen LogP) is 0.685. The number of nitrogens with zero attached hydrogens (tertiary/aromatic N) is 4. The van der Waals surface area contributed by atoms with Gasteiger partial charge in [0.25, 0.3) is 0 Å². The highest BCUT2D eigenvalue weighted by Crippen LogP contribution is 2.34. The quantitative estimate of drug-likeness (QED) is 0.819. The molecule has 0 N–H and O–H groups in total. The van der Waals surface area contributed by atoms with Crippen molar-refractivity contribution < 1.29 is 17.9 Å². The lowest BCUT2D eigenvalue weighted by atomic mass is 10.3. The van der Waals surface area contributed by atoms with Gasteiger partial charge in [0.1, 0.15) is 13.2 Å². The summed E-state index contributed by atoms with van der Waals surface area (Å²) in [4.78, 5) is 0.223. The zero-order valence-electron chi connectivity index (χ0n) is 12.3. The summed E-state index contributed by atoms with van der Waals surface area (Å²) >= 11 is 0. The number of aromatic nitrogens is 3. The Bertz CT molecular complexity index is 806. The van der Waals surface area contributed by atoms with E-state index in [4.69, 9.17) is 9.47 Å². The number of sulfonamides is 1. The molecule has 0 spiro atoms. The van der Waals surface area contributed by atoms with Crippen molar-refractivity contribution in [1.29, 1.82) is 0 Å². The van der Waals surface area contributed by atoms with Crippen molar-refractivity contribution >= 4 is 10.0 Å². The summed E-state index contributed by atoms with van der Waals surface area (Å²) in [5.74, 6) is 1.06. The Labute approximate surface area is 133 Å². The van der Waals surface area contributed by atoms with E-state index in [1.807, 2.05) is 0 Å². The number of fused-ring (bicyclic) bond motifs is 1. The van der Waals surface area contributed by atoms with E-state index < -0.39 is 10.0 Å². The molecular weight excluding hydrogens is 320 g/mol. The van der Waals surface area contributed by atoms with Crippen LogP contribution in [-0.4, -0.2) is 54.0 Å². The van der Waals surface area contributed by atoms with Crippen molar-refractivity contribution in [2.75, 3.05) is 26.3 Å². The minimum atomic E-state index is -3.56. The molecule has 122 valence electrons. The molecule has 0 radical (unpaired) electrons. The number of rotatable bonds is 3. The van der Waals surface area contributed by atoms with Gasteiger partial charge in [0.2, 0.25) is 10.0 Å². The topological polar surface area (TPSA) is 86.6 Å². The molecule has 23 heavy (non-hydrogen) atoms. The van der Waals surface area contributed by atoms with E-state index in [9.17, 15) is 8.42 Å². The third-order valence-electron chi connectivity index (χ3n) is 4.09. The van der Waals surface area contributed by atoms with E-state index >= 15 is 0 Å². The molecular formula is C14H16N4O4S. The third kappa shape index (κ3) is 2.55. The summed E-state index contributed by atoms with van der Waals surface area (Å²) < 4.78 is 39.7. The molecule has 1 fully saturated rings. The monoisotopic (exact) mass is 336 g/mol. The van der Waals surface area contributed by atoms with Crippen LogP contribution in [0.15, 0.2) is 35.5 Å². The van der Waals surface area contributed by atoms with Crippen LogP contribution >= 0.6 is 0 Å². The fraction of sp³-hybridized carbons (Fsp3) is 0.429. The zero-order valence-corrected chi connectivity index (χ0v) is 13.1. The Hall–Kier alpha value is -2.13. The predicted molar refractivity (Wildman–Crippen MR) is 79.9 cm³/mol. The van der Waals surface area contributed by atoms with Crippen LogP contribution in [0.1, 0.15) is 12.5 Å². The van der Waals surface area contributed by atoms with Gasteiger partial charge >= 0.3 is 0 Å². The average Bonchev–Trinajstić information content (AvgIpc) is 3.25. The molecule has 4 rings (SSSR count). The van der Waals surface area contributed by atoms with Crippen molar-refractivity contribution in [3.63, 3.8) is 0 Å². The molecule has 2 aromatic rings. The van der Waals surface area contributed by atoms with Crippen LogP contribution in [0.3, 0.4) is 0 Å². The van der Waals surface area contributed by atoms with E-state index in [1.165, 1.54) is 10.4 Å². The molecule has 2 aliphatic rings. The molecule has 2 aliphatic heterocycles. The smallest absolute Gasteiger partial charge is 0.243 e. The molecule has 0 saturated carbocycles. The summed E-state index contributed by atoms with van der Waals surface area (Å²) in [6.45, 7) is 1.75. The lowest BCUT2D eigenvalue weighted by Crippen LogP contribution is -2.29. The average molecular weight is 336 g/mol. The third-order valence-corrected chi connectivity index (χ3v) is 5.95. The van der Waals surface area contributed by atoms with Crippen LogP contribution in [0.4, 0.5) is 0 Å². The molecule has 8 nitrogen and oxygen atoms in total. The van der Waals surface area contributed by atoms with Crippen molar-refractivity contribution in [3.8, 4) is 11.5 Å². The molecule has 1 atom stereocenters. The first-order chi connectivity index (χ1) is 11.1. The van der Waals surface area contributed by atoms with E-state index in [0.717, 1.165) is 0 Å². The van der Waals surface area contributed by atoms with Gasteiger partial charge in [-0.05, 0) is 18.6 Å². The maximum Gasteiger partial charge on any atom is 0.243 e. The van der Waals surface area contributed by atoms with Crippen LogP contribution in [0.25, 0.3) is 0 Å².